The van der Waals surface area contributed by atoms with Crippen molar-refractivity contribution in [2.75, 3.05) is 14.2 Å². The number of halogens is 3. The first kappa shape index (κ1) is 15.0. The zero-order valence-corrected chi connectivity index (χ0v) is 10.1. The van der Waals surface area contributed by atoms with Gasteiger partial charge >= 0.3 is 12.3 Å². The summed E-state index contributed by atoms with van der Waals surface area (Å²) < 4.78 is 49.7. The molecule has 0 bridgehead atoms. The Hall–Kier alpha value is -2.03. The number of hydrogen-bond donors (Lipinski definition) is 1. The van der Waals surface area contributed by atoms with Crippen LogP contribution in [0.1, 0.15) is 16.1 Å². The zero-order chi connectivity index (χ0) is 14.6. The summed E-state index contributed by atoms with van der Waals surface area (Å²) in [4.78, 5) is 15.2. The molecule has 0 aliphatic rings. The quantitative estimate of drug-likeness (QED) is 0.835. The molecule has 0 spiro atoms. The van der Waals surface area contributed by atoms with Crippen molar-refractivity contribution in [1.29, 1.82) is 0 Å². The van der Waals surface area contributed by atoms with Crippen LogP contribution in [0.4, 0.5) is 13.2 Å². The number of ether oxygens (including phenoxy) is 3. The molecule has 0 fully saturated rings. The highest BCUT2D eigenvalue weighted by molar-refractivity contribution is 5.95. The molecule has 9 heteroatoms. The molecular formula is C10H11F3N2O4. The van der Waals surface area contributed by atoms with Gasteiger partial charge in [0.25, 0.3) is 0 Å². The maximum absolute atomic E-state index is 12.2. The minimum Gasteiger partial charge on any atom is -0.494 e. The van der Waals surface area contributed by atoms with Gasteiger partial charge in [-0.3, -0.25) is 4.98 Å². The molecule has 0 saturated heterocycles. The van der Waals surface area contributed by atoms with Gasteiger partial charge in [-0.2, -0.15) is 0 Å². The number of rotatable bonds is 4. The topological polar surface area (TPSA) is 83.7 Å². The Kier molecular flexibility index (Phi) is 4.54. The predicted molar refractivity (Wildman–Crippen MR) is 56.7 cm³/mol. The van der Waals surface area contributed by atoms with E-state index in [0.29, 0.717) is 0 Å². The van der Waals surface area contributed by atoms with Crippen LogP contribution in [0.25, 0.3) is 0 Å². The van der Waals surface area contributed by atoms with Gasteiger partial charge in [0.1, 0.15) is 5.56 Å². The van der Waals surface area contributed by atoms with E-state index in [4.69, 9.17) is 10.5 Å². The summed E-state index contributed by atoms with van der Waals surface area (Å²) in [5.41, 5.74) is 4.95. The highest BCUT2D eigenvalue weighted by Crippen LogP contribution is 2.34. The van der Waals surface area contributed by atoms with Crippen LogP contribution >= 0.6 is 0 Å². The highest BCUT2D eigenvalue weighted by atomic mass is 19.4. The maximum atomic E-state index is 12.2. The van der Waals surface area contributed by atoms with E-state index >= 15 is 0 Å². The number of alkyl halides is 3. The molecule has 0 unspecified atom stereocenters. The lowest BCUT2D eigenvalue weighted by Crippen LogP contribution is -2.21. The largest absolute Gasteiger partial charge is 0.573 e. The monoisotopic (exact) mass is 280 g/mol. The molecule has 1 aromatic heterocycles. The normalized spacial score (nSPS) is 11.1. The van der Waals surface area contributed by atoms with Crippen molar-refractivity contribution < 1.29 is 32.2 Å². The number of hydrogen-bond acceptors (Lipinski definition) is 6. The lowest BCUT2D eigenvalue weighted by Gasteiger charge is -2.16. The molecule has 2 N–H and O–H groups in total. The lowest BCUT2D eigenvalue weighted by atomic mass is 10.1. The third-order valence-electron chi connectivity index (χ3n) is 2.09. The molecule has 19 heavy (non-hydrogen) atoms. The fourth-order valence-electron chi connectivity index (χ4n) is 1.38. The first-order valence-electron chi connectivity index (χ1n) is 4.94. The molecule has 1 aromatic rings. The number of carbonyl (C=O) groups excluding carboxylic acids is 1. The number of methoxy groups -OCH3 is 2. The molecular weight excluding hydrogens is 269 g/mol. The van der Waals surface area contributed by atoms with Crippen LogP contribution in [0.15, 0.2) is 6.20 Å². The summed E-state index contributed by atoms with van der Waals surface area (Å²) in [5, 5.41) is 0. The van der Waals surface area contributed by atoms with Crippen LogP contribution in [0.5, 0.6) is 11.5 Å². The highest BCUT2D eigenvalue weighted by Gasteiger charge is 2.35. The number of aromatic nitrogens is 1. The maximum Gasteiger partial charge on any atom is 0.573 e. The Bertz CT molecular complexity index is 477. The van der Waals surface area contributed by atoms with Gasteiger partial charge in [0.05, 0.1) is 26.1 Å². The molecule has 0 aliphatic carbocycles. The van der Waals surface area contributed by atoms with E-state index in [2.05, 4.69) is 14.5 Å². The minimum atomic E-state index is -4.97. The molecule has 1 rings (SSSR count). The van der Waals surface area contributed by atoms with Crippen LogP contribution < -0.4 is 15.2 Å². The van der Waals surface area contributed by atoms with Crippen LogP contribution in [0, 0.1) is 0 Å². The third kappa shape index (κ3) is 3.47. The SMILES string of the molecule is COC(=O)c1c(OC(F)(F)F)cnc(CN)c1OC. The molecule has 0 amide bonds. The lowest BCUT2D eigenvalue weighted by molar-refractivity contribution is -0.274. The minimum absolute atomic E-state index is 0.109. The van der Waals surface area contributed by atoms with E-state index in [0.717, 1.165) is 13.3 Å². The number of nitrogens with zero attached hydrogens (tertiary/aromatic N) is 1. The van der Waals surface area contributed by atoms with Crippen molar-refractivity contribution in [3.8, 4) is 11.5 Å². The number of pyridine rings is 1. The van der Waals surface area contributed by atoms with E-state index < -0.39 is 23.6 Å². The molecule has 106 valence electrons. The number of carbonyl (C=O) groups is 1. The summed E-state index contributed by atoms with van der Waals surface area (Å²) in [6, 6.07) is 0. The van der Waals surface area contributed by atoms with Crippen LogP contribution in [0.3, 0.4) is 0 Å². The molecule has 1 heterocycles. The van der Waals surface area contributed by atoms with Gasteiger partial charge in [-0.25, -0.2) is 4.79 Å². The summed E-state index contributed by atoms with van der Waals surface area (Å²) in [6.45, 7) is -0.126. The zero-order valence-electron chi connectivity index (χ0n) is 10.1. The average molecular weight is 280 g/mol. The Morgan fingerprint density at radius 1 is 1.42 bits per heavy atom. The first-order valence-corrected chi connectivity index (χ1v) is 4.94. The Morgan fingerprint density at radius 2 is 2.05 bits per heavy atom. The molecule has 0 aromatic carbocycles. The fourth-order valence-corrected chi connectivity index (χ4v) is 1.38. The van der Waals surface area contributed by atoms with Crippen LogP contribution in [-0.2, 0) is 11.3 Å². The second-order valence-corrected chi connectivity index (χ2v) is 3.22. The smallest absolute Gasteiger partial charge is 0.494 e. The summed E-state index contributed by atoms with van der Waals surface area (Å²) in [5.74, 6) is -2.07. The van der Waals surface area contributed by atoms with Gasteiger partial charge < -0.3 is 19.9 Å². The van der Waals surface area contributed by atoms with Crippen molar-refractivity contribution in [2.24, 2.45) is 5.73 Å². The van der Waals surface area contributed by atoms with Crippen molar-refractivity contribution >= 4 is 5.97 Å². The summed E-state index contributed by atoms with van der Waals surface area (Å²) in [7, 11) is 2.18. The standard InChI is InChI=1S/C10H11F3N2O4/c1-17-8-5(3-14)15-4-6(19-10(11,12)13)7(8)9(16)18-2/h4H,3,14H2,1-2H3. The van der Waals surface area contributed by atoms with E-state index in [1.54, 1.807) is 0 Å². The van der Waals surface area contributed by atoms with Gasteiger partial charge in [-0.15, -0.1) is 13.2 Å². The van der Waals surface area contributed by atoms with E-state index in [1.807, 2.05) is 0 Å². The third-order valence-corrected chi connectivity index (χ3v) is 2.09. The Labute approximate surface area is 106 Å². The van der Waals surface area contributed by atoms with Crippen LogP contribution in [0.2, 0.25) is 0 Å². The number of nitrogens with two attached hydrogens (primary N) is 1. The van der Waals surface area contributed by atoms with E-state index in [9.17, 15) is 18.0 Å². The fraction of sp³-hybridized carbons (Fsp3) is 0.400. The second-order valence-electron chi connectivity index (χ2n) is 3.22. The second kappa shape index (κ2) is 5.74. The van der Waals surface area contributed by atoms with Crippen molar-refractivity contribution in [3.63, 3.8) is 0 Å². The molecule has 0 radical (unpaired) electrons. The molecule has 6 nitrogen and oxygen atoms in total. The van der Waals surface area contributed by atoms with Crippen molar-refractivity contribution in [2.45, 2.75) is 12.9 Å². The van der Waals surface area contributed by atoms with Crippen molar-refractivity contribution in [1.82, 2.24) is 4.98 Å². The average Bonchev–Trinajstić information content (AvgIpc) is 2.35. The first-order chi connectivity index (χ1) is 8.84. The molecule has 0 saturated carbocycles. The Morgan fingerprint density at radius 3 is 2.47 bits per heavy atom. The number of esters is 1. The molecule has 0 aliphatic heterocycles. The van der Waals surface area contributed by atoms with Gasteiger partial charge in [0.15, 0.2) is 11.5 Å². The Balaban J connectivity index is 3.42. The van der Waals surface area contributed by atoms with Crippen LogP contribution in [-0.4, -0.2) is 31.5 Å². The van der Waals surface area contributed by atoms with E-state index in [-0.39, 0.29) is 18.0 Å². The summed E-state index contributed by atoms with van der Waals surface area (Å²) >= 11 is 0. The van der Waals surface area contributed by atoms with E-state index in [1.165, 1.54) is 7.11 Å². The predicted octanol–water partition coefficient (Wildman–Crippen LogP) is 1.23. The van der Waals surface area contributed by atoms with Gasteiger partial charge in [-0.1, -0.05) is 0 Å². The molecule has 0 atom stereocenters. The van der Waals surface area contributed by atoms with Crippen molar-refractivity contribution in [3.05, 3.63) is 17.5 Å². The summed E-state index contributed by atoms with van der Waals surface area (Å²) in [6.07, 6.45) is -4.23. The van der Waals surface area contributed by atoms with Gasteiger partial charge in [0, 0.05) is 6.54 Å². The van der Waals surface area contributed by atoms with Gasteiger partial charge in [-0.05, 0) is 0 Å². The van der Waals surface area contributed by atoms with Gasteiger partial charge in [0.2, 0.25) is 0 Å².